The molecule has 0 fully saturated rings. The minimum Gasteiger partial charge on any atom is -0.300 e. The van der Waals surface area contributed by atoms with Crippen LogP contribution in [0.4, 0.5) is 0 Å². The summed E-state index contributed by atoms with van der Waals surface area (Å²) in [5, 5.41) is 0. The van der Waals surface area contributed by atoms with E-state index in [0.29, 0.717) is 0 Å². The minimum absolute atomic E-state index is 0.167. The van der Waals surface area contributed by atoms with E-state index >= 15 is 0 Å². The fourth-order valence-electron chi connectivity index (χ4n) is 0.788. The lowest BCUT2D eigenvalue weighted by molar-refractivity contribution is -0.115. The molecule has 2 nitrogen and oxygen atoms in total. The molecular weight excluding hydrogens is 188 g/mol. The molecule has 0 atom stereocenters. The van der Waals surface area contributed by atoms with Crippen LogP contribution in [-0.2, 0) is 9.59 Å². The van der Waals surface area contributed by atoms with E-state index in [-0.39, 0.29) is 5.78 Å². The summed E-state index contributed by atoms with van der Waals surface area (Å²) in [6.45, 7) is 9.20. The maximum atomic E-state index is 10.0. The Labute approximate surface area is 93.1 Å². The quantitative estimate of drug-likeness (QED) is 0.404. The topological polar surface area (TPSA) is 34.1 Å². The highest BCUT2D eigenvalue weighted by atomic mass is 16.1. The van der Waals surface area contributed by atoms with Crippen LogP contribution in [0.5, 0.6) is 0 Å². The van der Waals surface area contributed by atoms with Gasteiger partial charge in [0.25, 0.3) is 0 Å². The Morgan fingerprint density at radius 3 is 1.87 bits per heavy atom. The van der Waals surface area contributed by atoms with Gasteiger partial charge in [-0.05, 0) is 53.5 Å². The van der Waals surface area contributed by atoms with Crippen molar-refractivity contribution in [3.8, 4) is 0 Å². The number of hydrogen-bond acceptors (Lipinski definition) is 2. The zero-order valence-electron chi connectivity index (χ0n) is 10.5. The molecule has 0 aliphatic heterocycles. The van der Waals surface area contributed by atoms with E-state index in [1.807, 2.05) is 6.92 Å². The van der Waals surface area contributed by atoms with E-state index in [2.05, 4.69) is 19.9 Å². The highest BCUT2D eigenvalue weighted by molar-refractivity contribution is 5.72. The lowest BCUT2D eigenvalue weighted by Gasteiger charge is -1.94. The maximum Gasteiger partial charge on any atom is 0.142 e. The van der Waals surface area contributed by atoms with Crippen LogP contribution in [-0.4, -0.2) is 12.1 Å². The standard InChI is InChI=1S/C10H16O.C3H6O/c1-9(2)5-4-6-10(3)7-8-11;1-3(2)4/h5,7-8H,4,6H2,1-3H3;1-2H3/b10-7-;. The maximum absolute atomic E-state index is 10.0. The Bertz CT molecular complexity index is 239. The summed E-state index contributed by atoms with van der Waals surface area (Å²) >= 11 is 0. The molecule has 0 aromatic carbocycles. The van der Waals surface area contributed by atoms with Gasteiger partial charge in [-0.15, -0.1) is 0 Å². The molecule has 0 heterocycles. The molecule has 0 unspecified atom stereocenters. The SMILES string of the molecule is CC(C)=CCC/C(C)=C\C=O.CC(C)=O. The van der Waals surface area contributed by atoms with Crippen molar-refractivity contribution in [3.63, 3.8) is 0 Å². The van der Waals surface area contributed by atoms with Crippen molar-refractivity contribution in [1.29, 1.82) is 0 Å². The first kappa shape index (κ1) is 16.3. The van der Waals surface area contributed by atoms with Crippen molar-refractivity contribution in [3.05, 3.63) is 23.3 Å². The molecule has 0 aliphatic carbocycles. The predicted octanol–water partition coefficient (Wildman–Crippen LogP) is 3.47. The van der Waals surface area contributed by atoms with Crippen LogP contribution in [0.3, 0.4) is 0 Å². The van der Waals surface area contributed by atoms with Gasteiger partial charge >= 0.3 is 0 Å². The van der Waals surface area contributed by atoms with Gasteiger partial charge in [0.15, 0.2) is 0 Å². The van der Waals surface area contributed by atoms with Gasteiger partial charge < -0.3 is 4.79 Å². The van der Waals surface area contributed by atoms with Crippen LogP contribution < -0.4 is 0 Å². The molecule has 86 valence electrons. The second kappa shape index (κ2) is 10.9. The molecule has 0 N–H and O–H groups in total. The number of carbonyl (C=O) groups excluding carboxylic acids is 2. The van der Waals surface area contributed by atoms with Gasteiger partial charge in [-0.25, -0.2) is 0 Å². The fraction of sp³-hybridized carbons (Fsp3) is 0.538. The second-order valence-electron chi connectivity index (χ2n) is 3.88. The van der Waals surface area contributed by atoms with E-state index in [0.717, 1.165) is 24.7 Å². The molecule has 0 aromatic rings. The molecule has 15 heavy (non-hydrogen) atoms. The minimum atomic E-state index is 0.167. The van der Waals surface area contributed by atoms with Crippen molar-refractivity contribution in [2.45, 2.75) is 47.5 Å². The molecule has 2 heteroatoms. The zero-order chi connectivity index (χ0) is 12.3. The molecule has 0 rings (SSSR count). The van der Waals surface area contributed by atoms with Gasteiger partial charge in [-0.1, -0.05) is 17.2 Å². The predicted molar refractivity (Wildman–Crippen MR) is 64.8 cm³/mol. The Balaban J connectivity index is 0. The van der Waals surface area contributed by atoms with Gasteiger partial charge in [0.05, 0.1) is 0 Å². The molecule has 0 saturated heterocycles. The van der Waals surface area contributed by atoms with E-state index in [9.17, 15) is 9.59 Å². The van der Waals surface area contributed by atoms with Crippen LogP contribution >= 0.6 is 0 Å². The number of ketones is 1. The first-order chi connectivity index (χ1) is 6.90. The normalized spacial score (nSPS) is 9.80. The van der Waals surface area contributed by atoms with Crippen molar-refractivity contribution in [1.82, 2.24) is 0 Å². The van der Waals surface area contributed by atoms with Crippen molar-refractivity contribution in [2.75, 3.05) is 0 Å². The van der Waals surface area contributed by atoms with Crippen LogP contribution in [0.25, 0.3) is 0 Å². The Morgan fingerprint density at radius 1 is 1.07 bits per heavy atom. The second-order valence-corrected chi connectivity index (χ2v) is 3.88. The fourth-order valence-corrected chi connectivity index (χ4v) is 0.788. The third kappa shape index (κ3) is 24.5. The molecule has 0 bridgehead atoms. The average molecular weight is 210 g/mol. The third-order valence-electron chi connectivity index (χ3n) is 1.44. The van der Waals surface area contributed by atoms with Crippen LogP contribution in [0.15, 0.2) is 23.3 Å². The van der Waals surface area contributed by atoms with E-state index in [1.165, 1.54) is 19.4 Å². The summed E-state index contributed by atoms with van der Waals surface area (Å²) in [6.07, 6.45) is 6.68. The number of rotatable bonds is 4. The molecule has 0 spiro atoms. The summed E-state index contributed by atoms with van der Waals surface area (Å²) in [4.78, 5) is 19.5. The average Bonchev–Trinajstić information content (AvgIpc) is 2.02. The summed E-state index contributed by atoms with van der Waals surface area (Å²) in [5.74, 6) is 0.167. The Hall–Kier alpha value is -1.18. The lowest BCUT2D eigenvalue weighted by Crippen LogP contribution is -1.77. The molecule has 0 aromatic heterocycles. The number of hydrogen-bond donors (Lipinski definition) is 0. The molecule has 0 radical (unpaired) electrons. The summed E-state index contributed by atoms with van der Waals surface area (Å²) in [7, 11) is 0. The summed E-state index contributed by atoms with van der Waals surface area (Å²) in [6, 6.07) is 0. The summed E-state index contributed by atoms with van der Waals surface area (Å²) in [5.41, 5.74) is 2.49. The number of allylic oxidation sites excluding steroid dienone is 4. The van der Waals surface area contributed by atoms with E-state index in [1.54, 1.807) is 6.08 Å². The zero-order valence-corrected chi connectivity index (χ0v) is 10.5. The third-order valence-corrected chi connectivity index (χ3v) is 1.44. The van der Waals surface area contributed by atoms with Crippen molar-refractivity contribution < 1.29 is 9.59 Å². The first-order valence-electron chi connectivity index (χ1n) is 5.11. The van der Waals surface area contributed by atoms with Crippen molar-refractivity contribution in [2.24, 2.45) is 0 Å². The first-order valence-corrected chi connectivity index (χ1v) is 5.11. The van der Waals surface area contributed by atoms with Gasteiger partial charge in [0.2, 0.25) is 0 Å². The number of aldehydes is 1. The molecule has 0 amide bonds. The van der Waals surface area contributed by atoms with Gasteiger partial charge in [0, 0.05) is 0 Å². The van der Waals surface area contributed by atoms with Gasteiger partial charge in [-0.3, -0.25) is 4.79 Å². The smallest absolute Gasteiger partial charge is 0.142 e. The van der Waals surface area contributed by atoms with Gasteiger partial charge in [0.1, 0.15) is 12.1 Å². The van der Waals surface area contributed by atoms with Crippen molar-refractivity contribution >= 4 is 12.1 Å². The number of Topliss-reactive ketones (excluding diaryl/α,β-unsaturated/α-hetero) is 1. The molecular formula is C13H22O2. The number of carbonyl (C=O) groups is 2. The molecule has 0 saturated carbocycles. The van der Waals surface area contributed by atoms with E-state index < -0.39 is 0 Å². The highest BCUT2D eigenvalue weighted by Gasteiger charge is 1.86. The molecule has 0 aliphatic rings. The van der Waals surface area contributed by atoms with Crippen LogP contribution in [0.1, 0.15) is 47.5 Å². The lowest BCUT2D eigenvalue weighted by atomic mass is 10.1. The highest BCUT2D eigenvalue weighted by Crippen LogP contribution is 2.05. The monoisotopic (exact) mass is 210 g/mol. The summed E-state index contributed by atoms with van der Waals surface area (Å²) < 4.78 is 0. The largest absolute Gasteiger partial charge is 0.300 e. The van der Waals surface area contributed by atoms with Gasteiger partial charge in [-0.2, -0.15) is 0 Å². The van der Waals surface area contributed by atoms with Crippen LogP contribution in [0, 0.1) is 0 Å². The van der Waals surface area contributed by atoms with Crippen LogP contribution in [0.2, 0.25) is 0 Å². The van der Waals surface area contributed by atoms with E-state index in [4.69, 9.17) is 0 Å². The Kier molecular flexibility index (Phi) is 11.8. The Morgan fingerprint density at radius 2 is 1.53 bits per heavy atom.